The van der Waals surface area contributed by atoms with Crippen LogP contribution < -0.4 is 4.74 Å². The van der Waals surface area contributed by atoms with E-state index in [-0.39, 0.29) is 0 Å². The van der Waals surface area contributed by atoms with Gasteiger partial charge in [0.05, 0.1) is 0 Å². The minimum Gasteiger partial charge on any atom is -0.479 e. The van der Waals surface area contributed by atoms with Gasteiger partial charge in [0.15, 0.2) is 6.10 Å². The maximum Gasteiger partial charge on any atom is 0.344 e. The third-order valence-corrected chi connectivity index (χ3v) is 2.27. The molecule has 0 radical (unpaired) electrons. The standard InChI is InChI=1S/C12H11NO3/c1-8(12(14)15)16-11-3-2-10-7-13-5-4-9(10)6-11/h2-8H,1H3,(H,14,15). The zero-order valence-electron chi connectivity index (χ0n) is 8.75. The predicted molar refractivity (Wildman–Crippen MR) is 59.5 cm³/mol. The highest BCUT2D eigenvalue weighted by molar-refractivity contribution is 5.83. The predicted octanol–water partition coefficient (Wildman–Crippen LogP) is 2.09. The second-order valence-electron chi connectivity index (χ2n) is 3.48. The van der Waals surface area contributed by atoms with Crippen LogP contribution in [0.25, 0.3) is 10.8 Å². The van der Waals surface area contributed by atoms with E-state index in [1.165, 1.54) is 6.92 Å². The quantitative estimate of drug-likeness (QED) is 0.855. The lowest BCUT2D eigenvalue weighted by Crippen LogP contribution is -2.22. The average molecular weight is 217 g/mol. The smallest absolute Gasteiger partial charge is 0.344 e. The van der Waals surface area contributed by atoms with Crippen LogP contribution in [-0.4, -0.2) is 22.2 Å². The van der Waals surface area contributed by atoms with Crippen molar-refractivity contribution in [2.45, 2.75) is 13.0 Å². The van der Waals surface area contributed by atoms with E-state index in [9.17, 15) is 4.79 Å². The minimum absolute atomic E-state index is 0.550. The van der Waals surface area contributed by atoms with Crippen molar-refractivity contribution in [2.24, 2.45) is 0 Å². The second kappa shape index (κ2) is 4.18. The summed E-state index contributed by atoms with van der Waals surface area (Å²) in [7, 11) is 0. The first kappa shape index (κ1) is 10.4. The fraction of sp³-hybridized carbons (Fsp3) is 0.167. The molecule has 4 nitrogen and oxygen atoms in total. The van der Waals surface area contributed by atoms with Gasteiger partial charge in [0.2, 0.25) is 0 Å². The van der Waals surface area contributed by atoms with Gasteiger partial charge in [0, 0.05) is 17.8 Å². The number of pyridine rings is 1. The van der Waals surface area contributed by atoms with Gasteiger partial charge in [-0.05, 0) is 36.6 Å². The van der Waals surface area contributed by atoms with Gasteiger partial charge < -0.3 is 9.84 Å². The van der Waals surface area contributed by atoms with Crippen molar-refractivity contribution in [2.75, 3.05) is 0 Å². The van der Waals surface area contributed by atoms with Crippen LogP contribution in [0.4, 0.5) is 0 Å². The highest BCUT2D eigenvalue weighted by Gasteiger charge is 2.12. The molecule has 0 aliphatic rings. The number of hydrogen-bond donors (Lipinski definition) is 1. The normalized spacial score (nSPS) is 12.3. The molecule has 1 unspecified atom stereocenters. The summed E-state index contributed by atoms with van der Waals surface area (Å²) in [5, 5.41) is 10.7. The van der Waals surface area contributed by atoms with Crippen molar-refractivity contribution in [1.29, 1.82) is 0 Å². The zero-order valence-corrected chi connectivity index (χ0v) is 8.75. The summed E-state index contributed by atoms with van der Waals surface area (Å²) < 4.78 is 5.26. The molecule has 1 atom stereocenters. The molecular weight excluding hydrogens is 206 g/mol. The van der Waals surface area contributed by atoms with Crippen LogP contribution in [0.2, 0.25) is 0 Å². The van der Waals surface area contributed by atoms with Crippen LogP contribution in [0.15, 0.2) is 36.7 Å². The van der Waals surface area contributed by atoms with E-state index < -0.39 is 12.1 Å². The highest BCUT2D eigenvalue weighted by atomic mass is 16.5. The summed E-state index contributed by atoms with van der Waals surface area (Å²) in [6.45, 7) is 1.50. The van der Waals surface area contributed by atoms with E-state index in [4.69, 9.17) is 9.84 Å². The molecule has 0 aliphatic carbocycles. The first-order chi connectivity index (χ1) is 7.66. The van der Waals surface area contributed by atoms with Gasteiger partial charge >= 0.3 is 5.97 Å². The molecule has 1 heterocycles. The Morgan fingerprint density at radius 1 is 1.38 bits per heavy atom. The van der Waals surface area contributed by atoms with E-state index in [0.29, 0.717) is 5.75 Å². The monoisotopic (exact) mass is 217 g/mol. The van der Waals surface area contributed by atoms with E-state index in [1.54, 1.807) is 24.5 Å². The lowest BCUT2D eigenvalue weighted by molar-refractivity contribution is -0.144. The molecule has 0 aliphatic heterocycles. The number of hydrogen-bond acceptors (Lipinski definition) is 3. The summed E-state index contributed by atoms with van der Waals surface area (Å²) >= 11 is 0. The lowest BCUT2D eigenvalue weighted by atomic mass is 10.2. The molecule has 2 aromatic rings. The third kappa shape index (κ3) is 2.11. The number of ether oxygens (including phenoxy) is 1. The van der Waals surface area contributed by atoms with Crippen molar-refractivity contribution < 1.29 is 14.6 Å². The largest absolute Gasteiger partial charge is 0.479 e. The van der Waals surface area contributed by atoms with Gasteiger partial charge in [-0.2, -0.15) is 0 Å². The molecule has 16 heavy (non-hydrogen) atoms. The molecule has 4 heteroatoms. The van der Waals surface area contributed by atoms with E-state index in [0.717, 1.165) is 10.8 Å². The summed E-state index contributed by atoms with van der Waals surface area (Å²) in [6, 6.07) is 7.25. The third-order valence-electron chi connectivity index (χ3n) is 2.27. The fourth-order valence-corrected chi connectivity index (χ4v) is 1.39. The Labute approximate surface area is 92.5 Å². The molecule has 0 saturated heterocycles. The summed E-state index contributed by atoms with van der Waals surface area (Å²) in [4.78, 5) is 14.6. The van der Waals surface area contributed by atoms with Gasteiger partial charge in [-0.15, -0.1) is 0 Å². The molecule has 82 valence electrons. The number of fused-ring (bicyclic) bond motifs is 1. The number of nitrogens with zero attached hydrogens (tertiary/aromatic N) is 1. The van der Waals surface area contributed by atoms with Crippen molar-refractivity contribution >= 4 is 16.7 Å². The summed E-state index contributed by atoms with van der Waals surface area (Å²) in [5.41, 5.74) is 0. The van der Waals surface area contributed by atoms with E-state index in [2.05, 4.69) is 4.98 Å². The maximum atomic E-state index is 10.6. The first-order valence-electron chi connectivity index (χ1n) is 4.90. The van der Waals surface area contributed by atoms with Crippen LogP contribution in [0, 0.1) is 0 Å². The number of rotatable bonds is 3. The van der Waals surface area contributed by atoms with E-state index >= 15 is 0 Å². The summed E-state index contributed by atoms with van der Waals surface area (Å²) in [5.74, 6) is -0.427. The molecule has 0 fully saturated rings. The van der Waals surface area contributed by atoms with Crippen LogP contribution in [-0.2, 0) is 4.79 Å². The Kier molecular flexibility index (Phi) is 2.72. The lowest BCUT2D eigenvalue weighted by Gasteiger charge is -2.10. The second-order valence-corrected chi connectivity index (χ2v) is 3.48. The van der Waals surface area contributed by atoms with Gasteiger partial charge in [0.25, 0.3) is 0 Å². The molecule has 0 saturated carbocycles. The molecule has 1 aromatic carbocycles. The zero-order chi connectivity index (χ0) is 11.5. The van der Waals surface area contributed by atoms with Crippen molar-refractivity contribution in [3.8, 4) is 5.75 Å². The Morgan fingerprint density at radius 2 is 2.19 bits per heavy atom. The Hall–Kier alpha value is -2.10. The average Bonchev–Trinajstić information content (AvgIpc) is 2.28. The molecular formula is C12H11NO3. The number of aromatic nitrogens is 1. The number of carboxylic acids is 1. The van der Waals surface area contributed by atoms with Crippen LogP contribution in [0.5, 0.6) is 5.75 Å². The van der Waals surface area contributed by atoms with Crippen LogP contribution in [0.3, 0.4) is 0 Å². The number of carbonyl (C=O) groups is 1. The van der Waals surface area contributed by atoms with Crippen molar-refractivity contribution in [1.82, 2.24) is 4.98 Å². The van der Waals surface area contributed by atoms with Crippen molar-refractivity contribution in [3.63, 3.8) is 0 Å². The number of carboxylic acid groups (broad SMARTS) is 1. The Balaban J connectivity index is 2.29. The van der Waals surface area contributed by atoms with Gasteiger partial charge in [-0.1, -0.05) is 0 Å². The molecule has 0 spiro atoms. The fourth-order valence-electron chi connectivity index (χ4n) is 1.39. The van der Waals surface area contributed by atoms with E-state index in [1.807, 2.05) is 12.1 Å². The molecule has 0 bridgehead atoms. The topological polar surface area (TPSA) is 59.4 Å². The first-order valence-corrected chi connectivity index (χ1v) is 4.90. The van der Waals surface area contributed by atoms with Crippen molar-refractivity contribution in [3.05, 3.63) is 36.7 Å². The highest BCUT2D eigenvalue weighted by Crippen LogP contribution is 2.20. The maximum absolute atomic E-state index is 10.6. The molecule has 1 N–H and O–H groups in total. The SMILES string of the molecule is CC(Oc1ccc2cnccc2c1)C(=O)O. The Bertz CT molecular complexity index is 524. The van der Waals surface area contributed by atoms with Gasteiger partial charge in [-0.25, -0.2) is 4.79 Å². The number of aliphatic carboxylic acids is 1. The molecule has 0 amide bonds. The Morgan fingerprint density at radius 3 is 2.94 bits per heavy atom. The molecule has 1 aromatic heterocycles. The number of benzene rings is 1. The van der Waals surface area contributed by atoms with Gasteiger partial charge in [0.1, 0.15) is 5.75 Å². The van der Waals surface area contributed by atoms with Crippen LogP contribution in [0.1, 0.15) is 6.92 Å². The van der Waals surface area contributed by atoms with Gasteiger partial charge in [-0.3, -0.25) is 4.98 Å². The summed E-state index contributed by atoms with van der Waals surface area (Å²) in [6.07, 6.45) is 2.59. The van der Waals surface area contributed by atoms with Crippen LogP contribution >= 0.6 is 0 Å². The molecule has 2 rings (SSSR count). The minimum atomic E-state index is -0.977.